The van der Waals surface area contributed by atoms with E-state index in [2.05, 4.69) is 39.0 Å². The van der Waals surface area contributed by atoms with Crippen molar-refractivity contribution in [3.63, 3.8) is 0 Å². The molecule has 0 amide bonds. The van der Waals surface area contributed by atoms with Crippen LogP contribution < -0.4 is 5.73 Å². The molecule has 2 atom stereocenters. The molecule has 0 bridgehead atoms. The van der Waals surface area contributed by atoms with Crippen molar-refractivity contribution in [1.82, 2.24) is 9.78 Å². The van der Waals surface area contributed by atoms with E-state index in [4.69, 9.17) is 10.8 Å². The van der Waals surface area contributed by atoms with E-state index in [-0.39, 0.29) is 0 Å². The minimum absolute atomic E-state index is 0.546. The Morgan fingerprint density at radius 3 is 2.57 bits per heavy atom. The van der Waals surface area contributed by atoms with Gasteiger partial charge in [0.15, 0.2) is 0 Å². The van der Waals surface area contributed by atoms with Crippen LogP contribution in [-0.2, 0) is 7.05 Å². The summed E-state index contributed by atoms with van der Waals surface area (Å²) in [6.45, 7) is 6.64. The van der Waals surface area contributed by atoms with E-state index >= 15 is 0 Å². The Kier molecular flexibility index (Phi) is 3.52. The summed E-state index contributed by atoms with van der Waals surface area (Å²) in [4.78, 5) is 0. The second kappa shape index (κ2) is 5.21. The zero-order valence-electron chi connectivity index (χ0n) is 13.5. The number of hydrogen-bond acceptors (Lipinski definition) is 2. The van der Waals surface area contributed by atoms with E-state index < -0.39 is 0 Å². The first kappa shape index (κ1) is 14.2. The highest BCUT2D eigenvalue weighted by Gasteiger charge is 2.31. The van der Waals surface area contributed by atoms with Crippen LogP contribution in [0, 0.1) is 19.8 Å². The Hall–Kier alpha value is -1.77. The maximum absolute atomic E-state index is 6.34. The van der Waals surface area contributed by atoms with Crippen LogP contribution in [0.5, 0.6) is 0 Å². The van der Waals surface area contributed by atoms with E-state index in [0.29, 0.717) is 11.8 Å². The first-order chi connectivity index (χ1) is 9.99. The highest BCUT2D eigenvalue weighted by molar-refractivity contribution is 5.78. The molecule has 3 nitrogen and oxygen atoms in total. The summed E-state index contributed by atoms with van der Waals surface area (Å²) in [6.07, 6.45) is 3.83. The van der Waals surface area contributed by atoms with Gasteiger partial charge in [0, 0.05) is 18.5 Å². The maximum Gasteiger partial charge on any atom is 0.129 e. The lowest BCUT2D eigenvalue weighted by Gasteiger charge is -2.15. The SMILES string of the molecule is Cc1ccc(-c2c(C3CCCC3C)nn(C)c2N)cc1C. The normalized spacial score (nSPS) is 21.9. The van der Waals surface area contributed by atoms with E-state index in [0.717, 1.165) is 11.4 Å². The van der Waals surface area contributed by atoms with E-state index in [1.165, 1.54) is 41.6 Å². The van der Waals surface area contributed by atoms with E-state index in [1.807, 2.05) is 11.7 Å². The Morgan fingerprint density at radius 1 is 1.19 bits per heavy atom. The fourth-order valence-electron chi connectivity index (χ4n) is 3.56. The van der Waals surface area contributed by atoms with Gasteiger partial charge >= 0.3 is 0 Å². The lowest BCUT2D eigenvalue weighted by atomic mass is 9.89. The first-order valence-corrected chi connectivity index (χ1v) is 7.89. The second-order valence-electron chi connectivity index (χ2n) is 6.58. The van der Waals surface area contributed by atoms with Gasteiger partial charge < -0.3 is 5.73 Å². The summed E-state index contributed by atoms with van der Waals surface area (Å²) < 4.78 is 1.84. The Balaban J connectivity index is 2.14. The van der Waals surface area contributed by atoms with Crippen molar-refractivity contribution in [1.29, 1.82) is 0 Å². The number of benzene rings is 1. The third-order valence-electron chi connectivity index (χ3n) is 5.13. The standard InChI is InChI=1S/C18H25N3/c1-11-8-9-14(10-13(11)3)16-17(20-21(4)18(16)19)15-7-5-6-12(15)2/h8-10,12,15H,5-7,19H2,1-4H3. The van der Waals surface area contributed by atoms with E-state index in [9.17, 15) is 0 Å². The number of rotatable bonds is 2. The van der Waals surface area contributed by atoms with Crippen LogP contribution in [0.2, 0.25) is 0 Å². The van der Waals surface area contributed by atoms with Gasteiger partial charge in [-0.3, -0.25) is 4.68 Å². The molecule has 1 aromatic carbocycles. The van der Waals surface area contributed by atoms with Gasteiger partial charge in [-0.25, -0.2) is 0 Å². The predicted octanol–water partition coefficient (Wildman–Crippen LogP) is 4.19. The number of hydrogen-bond donors (Lipinski definition) is 1. The van der Waals surface area contributed by atoms with Crippen LogP contribution in [0.15, 0.2) is 18.2 Å². The molecule has 0 saturated heterocycles. The van der Waals surface area contributed by atoms with Crippen LogP contribution in [0.1, 0.15) is 48.9 Å². The number of nitrogens with zero attached hydrogens (tertiary/aromatic N) is 2. The smallest absolute Gasteiger partial charge is 0.129 e. The maximum atomic E-state index is 6.34. The molecular formula is C18H25N3. The van der Waals surface area contributed by atoms with Crippen LogP contribution in [0.3, 0.4) is 0 Å². The topological polar surface area (TPSA) is 43.8 Å². The lowest BCUT2D eigenvalue weighted by Crippen LogP contribution is -2.05. The quantitative estimate of drug-likeness (QED) is 0.898. The van der Waals surface area contributed by atoms with Gasteiger partial charge in [0.2, 0.25) is 0 Å². The highest BCUT2D eigenvalue weighted by atomic mass is 15.3. The number of aryl methyl sites for hydroxylation is 3. The zero-order chi connectivity index (χ0) is 15.1. The summed E-state index contributed by atoms with van der Waals surface area (Å²) in [6, 6.07) is 6.60. The average Bonchev–Trinajstić information content (AvgIpc) is 2.98. The Bertz CT molecular complexity index is 669. The summed E-state index contributed by atoms with van der Waals surface area (Å²) in [5, 5.41) is 4.76. The lowest BCUT2D eigenvalue weighted by molar-refractivity contribution is 0.516. The van der Waals surface area contributed by atoms with Gasteiger partial charge in [0.05, 0.1) is 5.69 Å². The van der Waals surface area contributed by atoms with Crippen molar-refractivity contribution >= 4 is 5.82 Å². The summed E-state index contributed by atoms with van der Waals surface area (Å²) in [5.74, 6) is 2.03. The van der Waals surface area contributed by atoms with Crippen molar-refractivity contribution in [2.24, 2.45) is 13.0 Å². The fourth-order valence-corrected chi connectivity index (χ4v) is 3.56. The Labute approximate surface area is 127 Å². The molecule has 2 aromatic rings. The minimum Gasteiger partial charge on any atom is -0.383 e. The number of nitrogens with two attached hydrogens (primary N) is 1. The molecule has 3 heteroatoms. The van der Waals surface area contributed by atoms with Crippen LogP contribution in [0.4, 0.5) is 5.82 Å². The third-order valence-corrected chi connectivity index (χ3v) is 5.13. The summed E-state index contributed by atoms with van der Waals surface area (Å²) in [7, 11) is 1.95. The number of aromatic nitrogens is 2. The van der Waals surface area contributed by atoms with Gasteiger partial charge in [0.25, 0.3) is 0 Å². The molecule has 1 heterocycles. The molecule has 1 saturated carbocycles. The molecule has 1 aromatic heterocycles. The van der Waals surface area contributed by atoms with Gasteiger partial charge in [-0.15, -0.1) is 0 Å². The van der Waals surface area contributed by atoms with Crippen LogP contribution in [0.25, 0.3) is 11.1 Å². The van der Waals surface area contributed by atoms with Crippen LogP contribution >= 0.6 is 0 Å². The molecule has 3 rings (SSSR count). The molecule has 2 unspecified atom stereocenters. The second-order valence-corrected chi connectivity index (χ2v) is 6.58. The first-order valence-electron chi connectivity index (χ1n) is 7.89. The minimum atomic E-state index is 0.546. The molecular weight excluding hydrogens is 258 g/mol. The van der Waals surface area contributed by atoms with Gasteiger partial charge in [-0.05, 0) is 42.9 Å². The molecule has 0 aliphatic heterocycles. The molecule has 1 fully saturated rings. The third kappa shape index (κ3) is 2.35. The van der Waals surface area contributed by atoms with Gasteiger partial charge in [-0.2, -0.15) is 5.10 Å². The highest BCUT2D eigenvalue weighted by Crippen LogP contribution is 2.44. The molecule has 0 radical (unpaired) electrons. The molecule has 112 valence electrons. The van der Waals surface area contributed by atoms with E-state index in [1.54, 1.807) is 0 Å². The van der Waals surface area contributed by atoms with Crippen molar-refractivity contribution in [2.75, 3.05) is 5.73 Å². The molecule has 1 aliphatic rings. The molecule has 2 N–H and O–H groups in total. The number of nitrogen functional groups attached to an aromatic ring is 1. The largest absolute Gasteiger partial charge is 0.383 e. The van der Waals surface area contributed by atoms with Crippen molar-refractivity contribution < 1.29 is 0 Å². The predicted molar refractivity (Wildman–Crippen MR) is 88.3 cm³/mol. The molecule has 0 spiro atoms. The summed E-state index contributed by atoms with van der Waals surface area (Å²) >= 11 is 0. The monoisotopic (exact) mass is 283 g/mol. The van der Waals surface area contributed by atoms with Crippen molar-refractivity contribution in [2.45, 2.75) is 46.0 Å². The zero-order valence-corrected chi connectivity index (χ0v) is 13.5. The Morgan fingerprint density at radius 2 is 1.95 bits per heavy atom. The van der Waals surface area contributed by atoms with Crippen molar-refractivity contribution in [3.8, 4) is 11.1 Å². The van der Waals surface area contributed by atoms with Crippen LogP contribution in [-0.4, -0.2) is 9.78 Å². The van der Waals surface area contributed by atoms with Crippen molar-refractivity contribution in [3.05, 3.63) is 35.0 Å². The molecule has 21 heavy (non-hydrogen) atoms. The fraction of sp³-hybridized carbons (Fsp3) is 0.500. The molecule has 1 aliphatic carbocycles. The number of anilines is 1. The summed E-state index contributed by atoms with van der Waals surface area (Å²) in [5.41, 5.74) is 12.5. The van der Waals surface area contributed by atoms with Gasteiger partial charge in [-0.1, -0.05) is 38.0 Å². The average molecular weight is 283 g/mol. The van der Waals surface area contributed by atoms with Gasteiger partial charge in [0.1, 0.15) is 5.82 Å².